The molecule has 0 saturated heterocycles. The maximum Gasteiger partial charge on any atom is 0.333 e. The van der Waals surface area contributed by atoms with Crippen LogP contribution in [0.1, 0.15) is 0 Å². The van der Waals surface area contributed by atoms with Crippen molar-refractivity contribution >= 4 is 54.4 Å². The van der Waals surface area contributed by atoms with Crippen molar-refractivity contribution in [1.29, 1.82) is 0 Å². The second-order valence-corrected chi connectivity index (χ2v) is 8.19. The molecule has 0 heterocycles. The van der Waals surface area contributed by atoms with Gasteiger partial charge >= 0.3 is 12.1 Å². The molecule has 4 amide bonds. The minimum Gasteiger partial charge on any atom is -0.350 e. The molecule has 0 aliphatic rings. The smallest absolute Gasteiger partial charge is 0.333 e. The third-order valence-electron chi connectivity index (χ3n) is 3.54. The van der Waals surface area contributed by atoms with Gasteiger partial charge in [0.05, 0.1) is 21.2 Å². The van der Waals surface area contributed by atoms with E-state index in [-0.39, 0.29) is 20.8 Å². The molecule has 152 valence electrons. The van der Waals surface area contributed by atoms with Crippen molar-refractivity contribution in [3.63, 3.8) is 0 Å². The fourth-order valence-electron chi connectivity index (χ4n) is 2.33. The minimum absolute atomic E-state index is 0.234. The number of hydrazine groups is 2. The summed E-state index contributed by atoms with van der Waals surface area (Å²) in [6.45, 7) is 0. The summed E-state index contributed by atoms with van der Waals surface area (Å²) in [6, 6.07) is 0.482. The number of nitrogens with two attached hydrogens (primary N) is 4. The van der Waals surface area contributed by atoms with Crippen LogP contribution in [0, 0.1) is 0 Å². The van der Waals surface area contributed by atoms with Gasteiger partial charge in [-0.05, 0) is 29.7 Å². The zero-order valence-electron chi connectivity index (χ0n) is 13.7. The van der Waals surface area contributed by atoms with E-state index in [4.69, 9.17) is 23.2 Å². The summed E-state index contributed by atoms with van der Waals surface area (Å²) in [5, 5.41) is -0.00339. The molecular weight excluding hydrogens is 420 g/mol. The lowest BCUT2D eigenvalue weighted by molar-refractivity contribution is 0.253. The van der Waals surface area contributed by atoms with Crippen LogP contribution in [-0.2, 0) is 20.2 Å². The summed E-state index contributed by atoms with van der Waals surface area (Å²) in [6.07, 6.45) is 0. The highest BCUT2D eigenvalue weighted by Crippen LogP contribution is 2.38. The highest BCUT2D eigenvalue weighted by atomic mass is 32.2. The second kappa shape index (κ2) is 6.86. The van der Waals surface area contributed by atoms with Crippen LogP contribution >= 0.6 is 0 Å². The van der Waals surface area contributed by atoms with E-state index >= 15 is 0 Å². The second-order valence-electron chi connectivity index (χ2n) is 5.35. The largest absolute Gasteiger partial charge is 0.350 e. The molecule has 0 radical (unpaired) electrons. The Morgan fingerprint density at radius 1 is 0.750 bits per heavy atom. The fourth-order valence-corrected chi connectivity index (χ4v) is 3.40. The molecule has 0 spiro atoms. The van der Waals surface area contributed by atoms with Gasteiger partial charge in [-0.3, -0.25) is 9.11 Å². The van der Waals surface area contributed by atoms with Gasteiger partial charge in [0, 0.05) is 5.39 Å². The predicted octanol–water partition coefficient (Wildman–Crippen LogP) is -1.15. The minimum atomic E-state index is -4.86. The van der Waals surface area contributed by atoms with Gasteiger partial charge < -0.3 is 11.5 Å². The lowest BCUT2D eigenvalue weighted by Gasteiger charge is -2.23. The van der Waals surface area contributed by atoms with Gasteiger partial charge in [-0.2, -0.15) is 16.8 Å². The average Bonchev–Trinajstić information content (AvgIpc) is 2.56. The molecule has 0 aliphatic heterocycles. The molecule has 28 heavy (non-hydrogen) atoms. The first-order chi connectivity index (χ1) is 12.6. The quantitative estimate of drug-likeness (QED) is 0.146. The standard InChI is InChI=1S/C12H14N6O8S2/c13-11(19)17(15)8-3-6(27(21,22)23)1-5-2-7(28(24,25)26)4-9(10(5)8)18(16)12(14)20/h1-4H,15-16H2,(H2,13,19)(H2,14,20)(H,21,22,23)(H,24,25,26). The number of anilines is 2. The topological polar surface area (TPSA) is 253 Å². The van der Waals surface area contributed by atoms with Crippen molar-refractivity contribution in [1.82, 2.24) is 0 Å². The Bertz CT molecular complexity index is 1120. The maximum absolute atomic E-state index is 11.5. The van der Waals surface area contributed by atoms with Crippen LogP contribution in [0.4, 0.5) is 21.0 Å². The molecule has 2 aromatic carbocycles. The Kier molecular flexibility index (Phi) is 5.21. The van der Waals surface area contributed by atoms with Crippen LogP contribution in [0.5, 0.6) is 0 Å². The Labute approximate surface area is 157 Å². The summed E-state index contributed by atoms with van der Waals surface area (Å²) in [5.74, 6) is 11.0. The summed E-state index contributed by atoms with van der Waals surface area (Å²) in [4.78, 5) is 21.4. The third kappa shape index (κ3) is 3.96. The molecule has 0 unspecified atom stereocenters. The van der Waals surface area contributed by atoms with Crippen LogP contribution in [0.2, 0.25) is 0 Å². The molecule has 0 saturated carbocycles. The van der Waals surface area contributed by atoms with Gasteiger partial charge in [-0.25, -0.2) is 31.3 Å². The van der Waals surface area contributed by atoms with Crippen LogP contribution in [0.3, 0.4) is 0 Å². The van der Waals surface area contributed by atoms with Gasteiger partial charge in [0.2, 0.25) is 0 Å². The lowest BCUT2D eigenvalue weighted by atomic mass is 10.1. The number of hydrogen-bond acceptors (Lipinski definition) is 8. The Morgan fingerprint density at radius 2 is 1.07 bits per heavy atom. The van der Waals surface area contributed by atoms with Crippen LogP contribution in [-0.4, -0.2) is 38.0 Å². The van der Waals surface area contributed by atoms with Crippen LogP contribution in [0.25, 0.3) is 10.8 Å². The first-order valence-corrected chi connectivity index (χ1v) is 9.78. The van der Waals surface area contributed by atoms with Crippen molar-refractivity contribution in [2.75, 3.05) is 10.0 Å². The van der Waals surface area contributed by atoms with Crippen molar-refractivity contribution in [3.05, 3.63) is 24.3 Å². The average molecular weight is 434 g/mol. The molecule has 0 bridgehead atoms. The van der Waals surface area contributed by atoms with E-state index in [0.717, 1.165) is 24.3 Å². The summed E-state index contributed by atoms with van der Waals surface area (Å²) in [5.41, 5.74) is 9.23. The third-order valence-corrected chi connectivity index (χ3v) is 5.21. The van der Waals surface area contributed by atoms with E-state index in [9.17, 15) is 35.5 Å². The number of amides is 4. The Hall–Kier alpha value is -3.02. The highest BCUT2D eigenvalue weighted by Gasteiger charge is 2.25. The van der Waals surface area contributed by atoms with Gasteiger partial charge in [-0.15, -0.1) is 0 Å². The SMILES string of the molecule is NC(=O)N(N)c1cc(S(=O)(=O)O)cc2cc(S(=O)(=O)O)cc(N(N)C(N)=O)c12. The summed E-state index contributed by atoms with van der Waals surface area (Å²) < 4.78 is 64.8. The van der Waals surface area contributed by atoms with Gasteiger partial charge in [0.1, 0.15) is 0 Å². The van der Waals surface area contributed by atoms with Crippen LogP contribution in [0.15, 0.2) is 34.1 Å². The van der Waals surface area contributed by atoms with Crippen molar-refractivity contribution < 1.29 is 35.5 Å². The Balaban J connectivity index is 3.15. The first-order valence-electron chi connectivity index (χ1n) is 6.90. The monoisotopic (exact) mass is 434 g/mol. The molecule has 2 rings (SSSR count). The van der Waals surface area contributed by atoms with Crippen molar-refractivity contribution in [2.45, 2.75) is 9.79 Å². The summed E-state index contributed by atoms with van der Waals surface area (Å²) >= 11 is 0. The molecule has 14 nitrogen and oxygen atoms in total. The highest BCUT2D eigenvalue weighted by molar-refractivity contribution is 7.86. The Morgan fingerprint density at radius 3 is 1.32 bits per heavy atom. The van der Waals surface area contributed by atoms with E-state index in [2.05, 4.69) is 0 Å². The number of hydrogen-bond donors (Lipinski definition) is 6. The number of nitrogens with zero attached hydrogens (tertiary/aromatic N) is 2. The maximum atomic E-state index is 11.5. The molecule has 16 heteroatoms. The predicted molar refractivity (Wildman–Crippen MR) is 96.1 cm³/mol. The number of carbonyl (C=O) groups excluding carboxylic acids is 2. The zero-order valence-corrected chi connectivity index (χ0v) is 15.3. The number of rotatable bonds is 4. The lowest BCUT2D eigenvalue weighted by Crippen LogP contribution is -2.43. The number of fused-ring (bicyclic) bond motifs is 1. The number of carbonyl (C=O) groups is 2. The van der Waals surface area contributed by atoms with E-state index in [0.29, 0.717) is 0 Å². The molecule has 0 aromatic heterocycles. The molecule has 0 aliphatic carbocycles. The van der Waals surface area contributed by atoms with Gasteiger partial charge in [-0.1, -0.05) is 0 Å². The molecule has 10 N–H and O–H groups in total. The zero-order chi connectivity index (χ0) is 21.6. The van der Waals surface area contributed by atoms with Gasteiger partial charge in [0.25, 0.3) is 20.2 Å². The number of urea groups is 2. The van der Waals surface area contributed by atoms with Crippen LogP contribution < -0.4 is 33.2 Å². The van der Waals surface area contributed by atoms with E-state index in [1.54, 1.807) is 0 Å². The molecule has 2 aromatic rings. The van der Waals surface area contributed by atoms with Gasteiger partial charge in [0.15, 0.2) is 0 Å². The number of primary amides is 2. The van der Waals surface area contributed by atoms with Crippen molar-refractivity contribution in [3.8, 4) is 0 Å². The normalized spacial score (nSPS) is 12.0. The molecule has 0 fully saturated rings. The first kappa shape index (κ1) is 21.3. The van der Waals surface area contributed by atoms with E-state index in [1.807, 2.05) is 0 Å². The van der Waals surface area contributed by atoms with E-state index < -0.39 is 53.5 Å². The van der Waals surface area contributed by atoms with Crippen molar-refractivity contribution in [2.24, 2.45) is 23.2 Å². The molecule has 0 atom stereocenters. The fraction of sp³-hybridized carbons (Fsp3) is 0. The number of benzene rings is 2. The summed E-state index contributed by atoms with van der Waals surface area (Å²) in [7, 11) is -9.71. The molecular formula is C12H14N6O8S2. The van der Waals surface area contributed by atoms with E-state index in [1.165, 1.54) is 0 Å².